The highest BCUT2D eigenvalue weighted by Gasteiger charge is 2.36. The minimum Gasteiger partial charge on any atom is -0.469 e. The molecule has 0 heterocycles. The van der Waals surface area contributed by atoms with Crippen LogP contribution < -0.4 is 0 Å². The fourth-order valence-corrected chi connectivity index (χ4v) is 3.57. The van der Waals surface area contributed by atoms with E-state index in [0.717, 1.165) is 21.2 Å². The van der Waals surface area contributed by atoms with Gasteiger partial charge in [-0.15, -0.1) is 0 Å². The molecule has 4 heteroatoms. The molecule has 0 radical (unpaired) electrons. The largest absolute Gasteiger partial charge is 0.469 e. The molecule has 0 saturated heterocycles. The van der Waals surface area contributed by atoms with E-state index in [4.69, 9.17) is 4.74 Å². The Labute approximate surface area is 143 Å². The summed E-state index contributed by atoms with van der Waals surface area (Å²) in [5.74, 6) is -0.691. The SMILES string of the molecule is COC(=O)[C@@H](c1ccc(Br)cc1)[C@@H]1CC(=O)c2ccccc2C1. The summed E-state index contributed by atoms with van der Waals surface area (Å²) >= 11 is 3.41. The molecule has 0 aromatic heterocycles. The molecule has 0 bridgehead atoms. The van der Waals surface area contributed by atoms with Crippen LogP contribution in [0.4, 0.5) is 0 Å². The minimum atomic E-state index is -0.426. The van der Waals surface area contributed by atoms with Crippen LogP contribution in [0.25, 0.3) is 0 Å². The van der Waals surface area contributed by atoms with Crippen molar-refractivity contribution in [3.63, 3.8) is 0 Å². The maximum atomic E-state index is 12.4. The first-order valence-electron chi connectivity index (χ1n) is 7.54. The van der Waals surface area contributed by atoms with Gasteiger partial charge in [-0.2, -0.15) is 0 Å². The predicted molar refractivity (Wildman–Crippen MR) is 91.5 cm³/mol. The standard InChI is InChI=1S/C19H17BrO3/c1-23-19(22)18(12-6-8-15(20)9-7-12)14-10-13-4-2-3-5-16(13)17(21)11-14/h2-9,14,18H,10-11H2,1H3/t14-,18-/m0/s1. The number of rotatable bonds is 3. The number of carbonyl (C=O) groups is 2. The summed E-state index contributed by atoms with van der Waals surface area (Å²) in [5.41, 5.74) is 2.68. The monoisotopic (exact) mass is 372 g/mol. The molecule has 2 aromatic rings. The number of methoxy groups -OCH3 is 1. The van der Waals surface area contributed by atoms with E-state index in [9.17, 15) is 9.59 Å². The average molecular weight is 373 g/mol. The maximum Gasteiger partial charge on any atom is 0.313 e. The van der Waals surface area contributed by atoms with Gasteiger partial charge in [-0.3, -0.25) is 9.59 Å². The Hall–Kier alpha value is -1.94. The van der Waals surface area contributed by atoms with Gasteiger partial charge in [0, 0.05) is 16.5 Å². The molecule has 1 aliphatic rings. The smallest absolute Gasteiger partial charge is 0.313 e. The van der Waals surface area contributed by atoms with Crippen LogP contribution in [0.3, 0.4) is 0 Å². The van der Waals surface area contributed by atoms with Gasteiger partial charge in [-0.25, -0.2) is 0 Å². The first kappa shape index (κ1) is 15.9. The lowest BCUT2D eigenvalue weighted by Gasteiger charge is -2.29. The third-order valence-corrected chi connectivity index (χ3v) is 4.93. The van der Waals surface area contributed by atoms with Crippen LogP contribution >= 0.6 is 15.9 Å². The van der Waals surface area contributed by atoms with Crippen molar-refractivity contribution < 1.29 is 14.3 Å². The summed E-state index contributed by atoms with van der Waals surface area (Å²) in [6.45, 7) is 0. The van der Waals surface area contributed by atoms with Gasteiger partial charge in [0.1, 0.15) is 0 Å². The van der Waals surface area contributed by atoms with E-state index >= 15 is 0 Å². The summed E-state index contributed by atoms with van der Waals surface area (Å²) in [6, 6.07) is 15.3. The van der Waals surface area contributed by atoms with E-state index in [1.54, 1.807) is 0 Å². The average Bonchev–Trinajstić information content (AvgIpc) is 2.57. The third kappa shape index (κ3) is 3.22. The quantitative estimate of drug-likeness (QED) is 0.760. The van der Waals surface area contributed by atoms with E-state index in [2.05, 4.69) is 15.9 Å². The summed E-state index contributed by atoms with van der Waals surface area (Å²) in [7, 11) is 1.40. The van der Waals surface area contributed by atoms with Gasteiger partial charge >= 0.3 is 5.97 Å². The van der Waals surface area contributed by atoms with Crippen molar-refractivity contribution in [1.82, 2.24) is 0 Å². The first-order valence-corrected chi connectivity index (χ1v) is 8.34. The molecule has 0 N–H and O–H groups in total. The molecule has 0 saturated carbocycles. The number of hydrogen-bond donors (Lipinski definition) is 0. The topological polar surface area (TPSA) is 43.4 Å². The number of ketones is 1. The van der Waals surface area contributed by atoms with Crippen LogP contribution in [0.15, 0.2) is 53.0 Å². The van der Waals surface area contributed by atoms with Gasteiger partial charge in [0.05, 0.1) is 13.0 Å². The number of carbonyl (C=O) groups excluding carboxylic acids is 2. The highest BCUT2D eigenvalue weighted by molar-refractivity contribution is 9.10. The second kappa shape index (κ2) is 6.67. The van der Waals surface area contributed by atoms with Crippen LogP contribution in [0.2, 0.25) is 0 Å². The number of Topliss-reactive ketones (excluding diaryl/α,β-unsaturated/α-hetero) is 1. The Morgan fingerprint density at radius 3 is 2.52 bits per heavy atom. The second-order valence-electron chi connectivity index (χ2n) is 5.80. The van der Waals surface area contributed by atoms with Crippen molar-refractivity contribution in [3.8, 4) is 0 Å². The number of benzene rings is 2. The lowest BCUT2D eigenvalue weighted by Crippen LogP contribution is -2.30. The Balaban J connectivity index is 1.97. The molecule has 3 nitrogen and oxygen atoms in total. The Bertz CT molecular complexity index is 737. The Morgan fingerprint density at radius 2 is 1.83 bits per heavy atom. The first-order chi connectivity index (χ1) is 11.1. The zero-order valence-electron chi connectivity index (χ0n) is 12.8. The summed E-state index contributed by atoms with van der Waals surface area (Å²) < 4.78 is 5.97. The normalized spacial score (nSPS) is 18.2. The van der Waals surface area contributed by atoms with Gasteiger partial charge in [-0.1, -0.05) is 52.3 Å². The maximum absolute atomic E-state index is 12.4. The summed E-state index contributed by atoms with van der Waals surface area (Å²) in [5, 5.41) is 0. The molecule has 0 amide bonds. The van der Waals surface area contributed by atoms with E-state index in [1.165, 1.54) is 7.11 Å². The molecule has 2 atom stereocenters. The van der Waals surface area contributed by atoms with Gasteiger partial charge in [-0.05, 0) is 35.6 Å². The molecule has 1 aliphatic carbocycles. The minimum absolute atomic E-state index is 0.0778. The molecule has 23 heavy (non-hydrogen) atoms. The molecule has 0 spiro atoms. The Kier molecular flexibility index (Phi) is 4.62. The molecule has 118 valence electrons. The van der Waals surface area contributed by atoms with Crippen LogP contribution in [0, 0.1) is 5.92 Å². The highest BCUT2D eigenvalue weighted by Crippen LogP contribution is 2.36. The van der Waals surface area contributed by atoms with Crippen molar-refractivity contribution in [2.45, 2.75) is 18.8 Å². The number of ether oxygens (including phenoxy) is 1. The number of halogens is 1. The number of esters is 1. The zero-order valence-corrected chi connectivity index (χ0v) is 14.4. The lowest BCUT2D eigenvalue weighted by molar-refractivity contribution is -0.143. The summed E-state index contributed by atoms with van der Waals surface area (Å²) in [4.78, 5) is 24.8. The van der Waals surface area contributed by atoms with Crippen molar-refractivity contribution in [2.24, 2.45) is 5.92 Å². The van der Waals surface area contributed by atoms with E-state index in [1.807, 2.05) is 48.5 Å². The van der Waals surface area contributed by atoms with Crippen LogP contribution in [0.5, 0.6) is 0 Å². The fourth-order valence-electron chi connectivity index (χ4n) is 3.31. The van der Waals surface area contributed by atoms with Crippen molar-refractivity contribution in [3.05, 3.63) is 69.7 Å². The van der Waals surface area contributed by atoms with Crippen molar-refractivity contribution >= 4 is 27.7 Å². The van der Waals surface area contributed by atoms with Crippen molar-refractivity contribution in [2.75, 3.05) is 7.11 Å². The molecular weight excluding hydrogens is 356 g/mol. The number of hydrogen-bond acceptors (Lipinski definition) is 3. The zero-order chi connectivity index (χ0) is 16.4. The molecule has 2 aromatic carbocycles. The van der Waals surface area contributed by atoms with Gasteiger partial charge < -0.3 is 4.74 Å². The molecule has 0 fully saturated rings. The molecule has 3 rings (SSSR count). The van der Waals surface area contributed by atoms with Crippen LogP contribution in [0.1, 0.15) is 33.8 Å². The molecule has 0 aliphatic heterocycles. The highest BCUT2D eigenvalue weighted by atomic mass is 79.9. The van der Waals surface area contributed by atoms with Gasteiger partial charge in [0.25, 0.3) is 0 Å². The van der Waals surface area contributed by atoms with Gasteiger partial charge in [0.2, 0.25) is 0 Å². The summed E-state index contributed by atoms with van der Waals surface area (Å²) in [6.07, 6.45) is 1.07. The van der Waals surface area contributed by atoms with E-state index < -0.39 is 5.92 Å². The fraction of sp³-hybridized carbons (Fsp3) is 0.263. The molecular formula is C19H17BrO3. The van der Waals surface area contributed by atoms with E-state index in [0.29, 0.717) is 12.8 Å². The van der Waals surface area contributed by atoms with Crippen molar-refractivity contribution in [1.29, 1.82) is 0 Å². The van der Waals surface area contributed by atoms with E-state index in [-0.39, 0.29) is 17.7 Å². The number of fused-ring (bicyclic) bond motifs is 1. The third-order valence-electron chi connectivity index (χ3n) is 4.40. The van der Waals surface area contributed by atoms with Gasteiger partial charge in [0.15, 0.2) is 5.78 Å². The second-order valence-corrected chi connectivity index (χ2v) is 6.72. The molecule has 0 unspecified atom stereocenters. The van der Waals surface area contributed by atoms with Crippen LogP contribution in [-0.2, 0) is 16.0 Å². The lowest BCUT2D eigenvalue weighted by atomic mass is 9.74. The Morgan fingerprint density at radius 1 is 1.13 bits per heavy atom. The predicted octanol–water partition coefficient (Wildman–Crippen LogP) is 4.15. The van der Waals surface area contributed by atoms with Crippen LogP contribution in [-0.4, -0.2) is 18.9 Å².